The molecule has 0 saturated carbocycles. The molecule has 220 valence electrons. The molecule has 1 unspecified atom stereocenters. The minimum atomic E-state index is -3.68. The molecular formula is C32H29FN4O3S3. The quantitative estimate of drug-likeness (QED) is 0.171. The largest absolute Gasteiger partial charge is 0.288 e. The Labute approximate surface area is 260 Å². The van der Waals surface area contributed by atoms with Crippen molar-refractivity contribution in [2.45, 2.75) is 31.2 Å². The lowest BCUT2D eigenvalue weighted by Crippen LogP contribution is -2.39. The number of carbonyl (C=O) groups is 1. The number of nitrogens with zero attached hydrogens (tertiary/aromatic N) is 4. The number of carbonyl (C=O) groups excluding carboxylic acids is 1. The highest BCUT2D eigenvalue weighted by molar-refractivity contribution is 8.26. The summed E-state index contributed by atoms with van der Waals surface area (Å²) in [5.74, 6) is -0.297. The third kappa shape index (κ3) is 6.21. The molecule has 2 aliphatic rings. The van der Waals surface area contributed by atoms with Crippen molar-refractivity contribution in [3.05, 3.63) is 107 Å². The second-order valence-electron chi connectivity index (χ2n) is 10.7. The number of thioether (sulfide) groups is 1. The van der Waals surface area contributed by atoms with Crippen molar-refractivity contribution in [2.24, 2.45) is 5.92 Å². The molecule has 7 nitrogen and oxygen atoms in total. The molecule has 2 saturated heterocycles. The average molecular weight is 633 g/mol. The van der Waals surface area contributed by atoms with Gasteiger partial charge in [-0.1, -0.05) is 73.4 Å². The van der Waals surface area contributed by atoms with Crippen LogP contribution in [0.2, 0.25) is 0 Å². The van der Waals surface area contributed by atoms with E-state index in [0.717, 1.165) is 24.1 Å². The van der Waals surface area contributed by atoms with Gasteiger partial charge in [0, 0.05) is 30.4 Å². The maximum Gasteiger partial charge on any atom is 0.266 e. The Balaban J connectivity index is 1.37. The molecule has 43 heavy (non-hydrogen) atoms. The predicted octanol–water partition coefficient (Wildman–Crippen LogP) is 6.50. The summed E-state index contributed by atoms with van der Waals surface area (Å²) in [4.78, 5) is 15.6. The number of aromatic nitrogens is 2. The van der Waals surface area contributed by atoms with Crippen LogP contribution in [0.5, 0.6) is 0 Å². The van der Waals surface area contributed by atoms with Gasteiger partial charge in [-0.25, -0.2) is 17.5 Å². The smallest absolute Gasteiger partial charge is 0.266 e. The maximum atomic E-state index is 13.6. The zero-order chi connectivity index (χ0) is 30.1. The Morgan fingerprint density at radius 3 is 2.58 bits per heavy atom. The number of piperidine rings is 1. The van der Waals surface area contributed by atoms with E-state index in [0.29, 0.717) is 45.1 Å². The highest BCUT2D eigenvalue weighted by Crippen LogP contribution is 2.36. The van der Waals surface area contributed by atoms with Crippen LogP contribution < -0.4 is 0 Å². The van der Waals surface area contributed by atoms with Crippen molar-refractivity contribution in [1.29, 1.82) is 0 Å². The molecule has 1 amide bonds. The lowest BCUT2D eigenvalue weighted by Gasteiger charge is -2.30. The summed E-state index contributed by atoms with van der Waals surface area (Å²) >= 11 is 6.72. The summed E-state index contributed by atoms with van der Waals surface area (Å²) in [6, 6.07) is 22.4. The number of hydrogen-bond donors (Lipinski definition) is 0. The topological polar surface area (TPSA) is 75.5 Å². The predicted molar refractivity (Wildman–Crippen MR) is 171 cm³/mol. The minimum absolute atomic E-state index is 0.213. The second-order valence-corrected chi connectivity index (χ2v) is 14.4. The number of hydrogen-bond acceptors (Lipinski definition) is 6. The van der Waals surface area contributed by atoms with Crippen LogP contribution in [0.3, 0.4) is 0 Å². The van der Waals surface area contributed by atoms with Crippen LogP contribution in [-0.4, -0.2) is 50.7 Å². The minimum Gasteiger partial charge on any atom is -0.288 e. The molecule has 2 fully saturated rings. The molecule has 6 rings (SSSR count). The summed E-state index contributed by atoms with van der Waals surface area (Å²) in [6.07, 6.45) is 5.43. The first-order valence-electron chi connectivity index (χ1n) is 13.9. The molecule has 1 aromatic heterocycles. The van der Waals surface area contributed by atoms with E-state index in [1.54, 1.807) is 45.4 Å². The van der Waals surface area contributed by atoms with Gasteiger partial charge in [0.25, 0.3) is 5.91 Å². The number of thiocarbonyl (C=S) groups is 1. The fraction of sp³-hybridized carbons (Fsp3) is 0.219. The van der Waals surface area contributed by atoms with Crippen molar-refractivity contribution >= 4 is 50.3 Å². The Bertz CT molecular complexity index is 1820. The first-order valence-corrected chi connectivity index (χ1v) is 16.6. The molecule has 3 aromatic carbocycles. The number of sulfonamides is 1. The lowest BCUT2D eigenvalue weighted by molar-refractivity contribution is -0.122. The monoisotopic (exact) mass is 632 g/mol. The number of halogens is 1. The van der Waals surface area contributed by atoms with E-state index in [1.807, 2.05) is 42.6 Å². The van der Waals surface area contributed by atoms with Crippen LogP contribution >= 0.6 is 24.0 Å². The van der Waals surface area contributed by atoms with E-state index in [4.69, 9.17) is 17.3 Å². The number of para-hydroxylation sites is 1. The third-order valence-corrected chi connectivity index (χ3v) is 10.8. The second kappa shape index (κ2) is 12.2. The number of rotatable bonds is 7. The first kappa shape index (κ1) is 29.4. The van der Waals surface area contributed by atoms with Gasteiger partial charge in [0.15, 0.2) is 0 Å². The van der Waals surface area contributed by atoms with E-state index in [1.165, 1.54) is 28.8 Å². The summed E-state index contributed by atoms with van der Waals surface area (Å²) in [5.41, 5.74) is 3.38. The SMILES string of the molecule is CC1CCCN(S(=O)(=O)c2cccc(-c3nn(-c4ccccc4)cc3C=C3SC(=S)N(Cc4ccc(F)cc4)C3=O)c2)C1. The normalized spacial score (nSPS) is 19.0. The van der Waals surface area contributed by atoms with Crippen LogP contribution in [0.15, 0.2) is 94.9 Å². The van der Waals surface area contributed by atoms with Gasteiger partial charge in [0.05, 0.1) is 22.0 Å². The van der Waals surface area contributed by atoms with Gasteiger partial charge in [-0.15, -0.1) is 0 Å². The molecule has 4 aromatic rings. The fourth-order valence-electron chi connectivity index (χ4n) is 5.30. The van der Waals surface area contributed by atoms with Crippen LogP contribution in [-0.2, 0) is 21.4 Å². The van der Waals surface area contributed by atoms with Crippen LogP contribution in [0, 0.1) is 11.7 Å². The first-order chi connectivity index (χ1) is 20.7. The number of amides is 1. The van der Waals surface area contributed by atoms with Gasteiger partial charge in [-0.3, -0.25) is 9.69 Å². The molecular weight excluding hydrogens is 604 g/mol. The Kier molecular flexibility index (Phi) is 8.32. The molecule has 0 spiro atoms. The fourth-order valence-corrected chi connectivity index (χ4v) is 8.19. The zero-order valence-electron chi connectivity index (χ0n) is 23.4. The molecule has 2 aliphatic heterocycles. The average Bonchev–Trinajstić information content (AvgIpc) is 3.55. The van der Waals surface area contributed by atoms with Crippen molar-refractivity contribution in [1.82, 2.24) is 19.0 Å². The van der Waals surface area contributed by atoms with Crippen molar-refractivity contribution in [3.8, 4) is 16.9 Å². The molecule has 0 bridgehead atoms. The van der Waals surface area contributed by atoms with E-state index in [9.17, 15) is 17.6 Å². The summed E-state index contributed by atoms with van der Waals surface area (Å²) in [5, 5.41) is 4.84. The summed E-state index contributed by atoms with van der Waals surface area (Å²) in [6.45, 7) is 3.31. The van der Waals surface area contributed by atoms with E-state index >= 15 is 0 Å². The zero-order valence-corrected chi connectivity index (χ0v) is 25.8. The summed E-state index contributed by atoms with van der Waals surface area (Å²) in [7, 11) is -3.68. The Morgan fingerprint density at radius 1 is 1.07 bits per heavy atom. The van der Waals surface area contributed by atoms with Crippen molar-refractivity contribution in [3.63, 3.8) is 0 Å². The van der Waals surface area contributed by atoms with E-state index in [2.05, 4.69) is 6.92 Å². The molecule has 1 atom stereocenters. The van der Waals surface area contributed by atoms with Crippen LogP contribution in [0.4, 0.5) is 4.39 Å². The van der Waals surface area contributed by atoms with E-state index < -0.39 is 10.0 Å². The van der Waals surface area contributed by atoms with Gasteiger partial charge in [-0.2, -0.15) is 9.40 Å². The number of benzene rings is 3. The van der Waals surface area contributed by atoms with Gasteiger partial charge in [-0.05, 0) is 66.8 Å². The maximum absolute atomic E-state index is 13.6. The molecule has 3 heterocycles. The van der Waals surface area contributed by atoms with Crippen molar-refractivity contribution in [2.75, 3.05) is 13.1 Å². The standard InChI is InChI=1S/C32H29FN4O3S3/c1-22-7-6-16-35(19-22)43(39,40)28-11-5-8-24(17-28)30-25(21-37(34-30)27-9-3-2-4-10-27)18-29-31(38)36(32(41)42-29)20-23-12-14-26(33)15-13-23/h2-5,8-15,17-18,21-22H,6-7,16,19-20H2,1H3. The van der Waals surface area contributed by atoms with Gasteiger partial charge >= 0.3 is 0 Å². The van der Waals surface area contributed by atoms with Gasteiger partial charge in [0.1, 0.15) is 15.8 Å². The molecule has 0 radical (unpaired) electrons. The van der Waals surface area contributed by atoms with Crippen LogP contribution in [0.25, 0.3) is 23.0 Å². The Hall–Kier alpha value is -3.64. The van der Waals surface area contributed by atoms with Crippen molar-refractivity contribution < 1.29 is 17.6 Å². The summed E-state index contributed by atoms with van der Waals surface area (Å²) < 4.78 is 44.3. The highest BCUT2D eigenvalue weighted by atomic mass is 32.2. The van der Waals surface area contributed by atoms with E-state index in [-0.39, 0.29) is 23.2 Å². The van der Waals surface area contributed by atoms with Gasteiger partial charge < -0.3 is 0 Å². The molecule has 0 aliphatic carbocycles. The highest BCUT2D eigenvalue weighted by Gasteiger charge is 2.33. The van der Waals surface area contributed by atoms with Crippen LogP contribution in [0.1, 0.15) is 30.9 Å². The Morgan fingerprint density at radius 2 is 1.84 bits per heavy atom. The third-order valence-electron chi connectivity index (χ3n) is 7.54. The molecule has 0 N–H and O–H groups in total. The van der Waals surface area contributed by atoms with Gasteiger partial charge in [0.2, 0.25) is 10.0 Å². The molecule has 11 heteroatoms. The lowest BCUT2D eigenvalue weighted by atomic mass is 10.0.